The Balaban J connectivity index is 1.36. The minimum Gasteiger partial charge on any atom is -0.485 e. The maximum atomic E-state index is 12.8. The summed E-state index contributed by atoms with van der Waals surface area (Å²) in [5.74, 6) is 1.76. The zero-order valence-corrected chi connectivity index (χ0v) is 15.8. The van der Waals surface area contributed by atoms with Gasteiger partial charge in [-0.15, -0.1) is 0 Å². The number of para-hydroxylation sites is 2. The first-order valence-corrected chi connectivity index (χ1v) is 10.4. The number of aromatic nitrogens is 1. The van der Waals surface area contributed by atoms with Crippen LogP contribution in [-0.4, -0.2) is 63.1 Å². The van der Waals surface area contributed by atoms with Crippen molar-refractivity contribution in [3.63, 3.8) is 0 Å². The van der Waals surface area contributed by atoms with Gasteiger partial charge in [-0.3, -0.25) is 4.79 Å². The molecule has 2 N–H and O–H groups in total. The van der Waals surface area contributed by atoms with Gasteiger partial charge in [0.25, 0.3) is 5.91 Å². The fourth-order valence-electron chi connectivity index (χ4n) is 3.23. The lowest BCUT2D eigenvalue weighted by Gasteiger charge is -2.37. The molecule has 1 aromatic carbocycles. The highest BCUT2D eigenvalue weighted by Crippen LogP contribution is 2.31. The number of hydrogen-bond acceptors (Lipinski definition) is 7. The number of fused-ring (bicyclic) bond motifs is 1. The van der Waals surface area contributed by atoms with Crippen LogP contribution in [0.3, 0.4) is 0 Å². The van der Waals surface area contributed by atoms with Crippen molar-refractivity contribution >= 4 is 21.7 Å². The minimum atomic E-state index is -3.76. The van der Waals surface area contributed by atoms with E-state index < -0.39 is 16.1 Å². The van der Waals surface area contributed by atoms with Gasteiger partial charge in [0.05, 0.1) is 0 Å². The highest BCUT2D eigenvalue weighted by molar-refractivity contribution is 7.89. The molecule has 2 aromatic rings. The number of amides is 1. The van der Waals surface area contributed by atoms with Crippen molar-refractivity contribution < 1.29 is 22.7 Å². The Morgan fingerprint density at radius 3 is 2.43 bits per heavy atom. The van der Waals surface area contributed by atoms with Crippen molar-refractivity contribution in [1.29, 1.82) is 0 Å². The van der Waals surface area contributed by atoms with Gasteiger partial charge in [0.2, 0.25) is 16.1 Å². The molecular formula is C18H20N4O5S. The maximum absolute atomic E-state index is 12.8. The molecule has 1 saturated heterocycles. The smallest absolute Gasteiger partial charge is 0.267 e. The van der Waals surface area contributed by atoms with Gasteiger partial charge in [-0.1, -0.05) is 12.1 Å². The van der Waals surface area contributed by atoms with E-state index in [4.69, 9.17) is 14.6 Å². The number of primary sulfonamides is 1. The van der Waals surface area contributed by atoms with Crippen molar-refractivity contribution in [3.8, 4) is 11.5 Å². The topological polar surface area (TPSA) is 115 Å². The largest absolute Gasteiger partial charge is 0.485 e. The third-order valence-electron chi connectivity index (χ3n) is 4.75. The minimum absolute atomic E-state index is 0.0280. The summed E-state index contributed by atoms with van der Waals surface area (Å²) < 4.78 is 34.1. The Hall–Kier alpha value is -2.85. The Morgan fingerprint density at radius 2 is 1.79 bits per heavy atom. The summed E-state index contributed by atoms with van der Waals surface area (Å²) in [6, 6.07) is 10.3. The molecule has 9 nitrogen and oxygen atoms in total. The predicted octanol–water partition coefficient (Wildman–Crippen LogP) is 0.218. The number of rotatable bonds is 3. The van der Waals surface area contributed by atoms with E-state index in [0.29, 0.717) is 43.5 Å². The van der Waals surface area contributed by atoms with E-state index in [9.17, 15) is 13.2 Å². The molecule has 0 radical (unpaired) electrons. The van der Waals surface area contributed by atoms with E-state index in [1.807, 2.05) is 23.1 Å². The average Bonchev–Trinajstić information content (AvgIpc) is 2.72. The van der Waals surface area contributed by atoms with Crippen LogP contribution in [-0.2, 0) is 14.8 Å². The van der Waals surface area contributed by atoms with Crippen LogP contribution in [0.4, 0.5) is 5.82 Å². The van der Waals surface area contributed by atoms with Crippen molar-refractivity contribution in [2.45, 2.75) is 11.0 Å². The first-order valence-electron chi connectivity index (χ1n) is 8.83. The summed E-state index contributed by atoms with van der Waals surface area (Å²) in [7, 11) is -3.76. The normalized spacial score (nSPS) is 19.4. The molecule has 2 aliphatic rings. The highest BCUT2D eigenvalue weighted by Gasteiger charge is 2.32. The molecule has 2 aliphatic heterocycles. The summed E-state index contributed by atoms with van der Waals surface area (Å²) >= 11 is 0. The van der Waals surface area contributed by atoms with Crippen LogP contribution in [0.5, 0.6) is 11.5 Å². The highest BCUT2D eigenvalue weighted by atomic mass is 32.2. The van der Waals surface area contributed by atoms with Crippen LogP contribution < -0.4 is 19.5 Å². The van der Waals surface area contributed by atoms with Gasteiger partial charge in [0, 0.05) is 32.4 Å². The number of pyridine rings is 1. The molecule has 10 heteroatoms. The lowest BCUT2D eigenvalue weighted by molar-refractivity contribution is -0.141. The van der Waals surface area contributed by atoms with E-state index in [1.54, 1.807) is 17.0 Å². The second kappa shape index (κ2) is 7.28. The summed E-state index contributed by atoms with van der Waals surface area (Å²) in [4.78, 5) is 20.6. The van der Waals surface area contributed by atoms with Gasteiger partial charge in [0.1, 0.15) is 17.3 Å². The summed E-state index contributed by atoms with van der Waals surface area (Å²) in [6.07, 6.45) is 0.584. The molecular weight excluding hydrogens is 384 g/mol. The van der Waals surface area contributed by atoms with Gasteiger partial charge in [-0.25, -0.2) is 18.5 Å². The summed E-state index contributed by atoms with van der Waals surface area (Å²) in [5, 5.41) is 5.09. The van der Waals surface area contributed by atoms with Gasteiger partial charge in [0.15, 0.2) is 11.5 Å². The molecule has 1 atom stereocenters. The SMILES string of the molecule is NS(=O)(=O)c1ccc(N2CCN(C(=O)C3COc4ccccc4O3)CC2)nc1. The number of carbonyl (C=O) groups is 1. The standard InChI is InChI=1S/C18H20N4O5S/c19-28(24,25)13-5-6-17(20-11-13)21-7-9-22(10-8-21)18(23)16-12-26-14-3-1-2-4-15(14)27-16/h1-6,11,16H,7-10,12H2,(H2,19,24,25). The predicted molar refractivity (Wildman–Crippen MR) is 101 cm³/mol. The Labute approximate surface area is 162 Å². The number of nitrogens with zero attached hydrogens (tertiary/aromatic N) is 3. The molecule has 0 bridgehead atoms. The Kier molecular flexibility index (Phi) is 4.82. The van der Waals surface area contributed by atoms with Gasteiger partial charge in [-0.2, -0.15) is 0 Å². The van der Waals surface area contributed by atoms with E-state index >= 15 is 0 Å². The number of piperazine rings is 1. The third-order valence-corrected chi connectivity index (χ3v) is 5.65. The van der Waals surface area contributed by atoms with Crippen molar-refractivity contribution in [3.05, 3.63) is 42.6 Å². The number of nitrogens with two attached hydrogens (primary N) is 1. The second-order valence-corrected chi connectivity index (χ2v) is 8.14. The molecule has 1 amide bonds. The fourth-order valence-corrected chi connectivity index (χ4v) is 3.69. The summed E-state index contributed by atoms with van der Waals surface area (Å²) in [6.45, 7) is 2.37. The van der Waals surface area contributed by atoms with Crippen molar-refractivity contribution in [2.24, 2.45) is 5.14 Å². The van der Waals surface area contributed by atoms with Gasteiger partial charge < -0.3 is 19.3 Å². The Bertz CT molecular complexity index is 972. The van der Waals surface area contributed by atoms with Crippen LogP contribution in [0.15, 0.2) is 47.5 Å². The quantitative estimate of drug-likeness (QED) is 0.778. The molecule has 1 unspecified atom stereocenters. The molecule has 1 fully saturated rings. The molecule has 0 spiro atoms. The monoisotopic (exact) mass is 404 g/mol. The number of ether oxygens (including phenoxy) is 2. The number of carbonyl (C=O) groups excluding carboxylic acids is 1. The average molecular weight is 404 g/mol. The fraction of sp³-hybridized carbons (Fsp3) is 0.333. The molecule has 4 rings (SSSR count). The summed E-state index contributed by atoms with van der Waals surface area (Å²) in [5.41, 5.74) is 0. The number of anilines is 1. The second-order valence-electron chi connectivity index (χ2n) is 6.57. The van der Waals surface area contributed by atoms with Crippen molar-refractivity contribution in [1.82, 2.24) is 9.88 Å². The van der Waals surface area contributed by atoms with Crippen LogP contribution in [0.25, 0.3) is 0 Å². The zero-order valence-electron chi connectivity index (χ0n) is 15.0. The molecule has 1 aromatic heterocycles. The van der Waals surface area contributed by atoms with Crippen LogP contribution >= 0.6 is 0 Å². The van der Waals surface area contributed by atoms with E-state index in [1.165, 1.54) is 12.3 Å². The maximum Gasteiger partial charge on any atom is 0.267 e. The zero-order chi connectivity index (χ0) is 19.7. The van der Waals surface area contributed by atoms with Crippen LogP contribution in [0.1, 0.15) is 0 Å². The van der Waals surface area contributed by atoms with E-state index in [-0.39, 0.29) is 17.4 Å². The lowest BCUT2D eigenvalue weighted by Crippen LogP contribution is -2.54. The lowest BCUT2D eigenvalue weighted by atomic mass is 10.2. The van der Waals surface area contributed by atoms with Crippen LogP contribution in [0.2, 0.25) is 0 Å². The Morgan fingerprint density at radius 1 is 1.07 bits per heavy atom. The molecule has 28 heavy (non-hydrogen) atoms. The third kappa shape index (κ3) is 3.73. The van der Waals surface area contributed by atoms with Crippen molar-refractivity contribution in [2.75, 3.05) is 37.7 Å². The number of hydrogen-bond donors (Lipinski definition) is 1. The van der Waals surface area contributed by atoms with Gasteiger partial charge in [-0.05, 0) is 24.3 Å². The molecule has 0 saturated carbocycles. The van der Waals surface area contributed by atoms with E-state index in [2.05, 4.69) is 4.98 Å². The number of benzene rings is 1. The molecule has 0 aliphatic carbocycles. The first-order chi connectivity index (χ1) is 13.4. The van der Waals surface area contributed by atoms with E-state index in [0.717, 1.165) is 0 Å². The molecule has 3 heterocycles. The molecule has 148 valence electrons. The van der Waals surface area contributed by atoms with Crippen LogP contribution in [0, 0.1) is 0 Å². The number of sulfonamides is 1. The van der Waals surface area contributed by atoms with Gasteiger partial charge >= 0.3 is 0 Å². The first kappa shape index (κ1) is 18.5.